The first-order chi connectivity index (χ1) is 16.3. The van der Waals surface area contributed by atoms with Crippen molar-refractivity contribution >= 4 is 39.9 Å². The molecule has 35 heavy (non-hydrogen) atoms. The number of hydrogen-bond acceptors (Lipinski definition) is 7. The number of hydrogen-bond donors (Lipinski definition) is 2. The molecule has 0 aliphatic carbocycles. The van der Waals surface area contributed by atoms with Gasteiger partial charge in [-0.25, -0.2) is 13.9 Å². The Morgan fingerprint density at radius 2 is 1.63 bits per heavy atom. The van der Waals surface area contributed by atoms with E-state index in [0.29, 0.717) is 26.1 Å². The van der Waals surface area contributed by atoms with Crippen molar-refractivity contribution in [2.75, 3.05) is 50.8 Å². The lowest BCUT2D eigenvalue weighted by molar-refractivity contribution is -0.137. The third kappa shape index (κ3) is 6.19. The van der Waals surface area contributed by atoms with Gasteiger partial charge in [0.2, 0.25) is 15.9 Å². The van der Waals surface area contributed by atoms with Crippen molar-refractivity contribution in [3.63, 3.8) is 0 Å². The average molecular weight is 533 g/mol. The molecule has 2 N–H and O–H groups in total. The van der Waals surface area contributed by atoms with Crippen molar-refractivity contribution in [1.82, 2.24) is 14.7 Å². The summed E-state index contributed by atoms with van der Waals surface area (Å²) in [6.07, 6.45) is 2.29. The van der Waals surface area contributed by atoms with Gasteiger partial charge in [-0.05, 0) is 43.5 Å². The molecule has 10 nitrogen and oxygen atoms in total. The molecule has 2 aliphatic rings. The quantitative estimate of drug-likeness (QED) is 0.283. The van der Waals surface area contributed by atoms with Crippen molar-refractivity contribution < 1.29 is 28.0 Å². The van der Waals surface area contributed by atoms with Crippen molar-refractivity contribution in [3.05, 3.63) is 24.3 Å². The molecule has 0 aromatic heterocycles. The fourth-order valence-electron chi connectivity index (χ4n) is 4.57. The summed E-state index contributed by atoms with van der Waals surface area (Å²) < 4.78 is 32.5. The van der Waals surface area contributed by atoms with Crippen LogP contribution in [0.5, 0.6) is 5.75 Å². The Morgan fingerprint density at radius 1 is 1.03 bits per heavy atom. The second-order valence-corrected chi connectivity index (χ2v) is 11.0. The molecular weight excluding hydrogens is 496 g/mol. The van der Waals surface area contributed by atoms with Gasteiger partial charge in [-0.1, -0.05) is 20.3 Å². The summed E-state index contributed by atoms with van der Waals surface area (Å²) in [4.78, 5) is 28.3. The first-order valence-corrected chi connectivity index (χ1v) is 13.4. The Hall–Kier alpha value is -2.08. The number of unbranched alkanes of at least 4 members (excludes halogenated alkanes) is 1. The maximum absolute atomic E-state index is 13.6. The molecule has 3 rings (SSSR count). The van der Waals surface area contributed by atoms with Crippen LogP contribution in [0, 0.1) is 0 Å². The minimum Gasteiger partial charge on any atom is -0.494 e. The monoisotopic (exact) mass is 532 g/mol. The predicted octanol–water partition coefficient (Wildman–Crippen LogP) is 2.02. The second-order valence-electron chi connectivity index (χ2n) is 8.76. The fraction of sp³-hybridized carbons (Fsp3) is 0.652. The largest absolute Gasteiger partial charge is 0.494 e. The van der Waals surface area contributed by atoms with Crippen LogP contribution >= 0.6 is 12.4 Å². The molecule has 2 amide bonds. The number of anilines is 1. The molecule has 0 unspecified atom stereocenters. The number of rotatable bonds is 9. The van der Waals surface area contributed by atoms with Gasteiger partial charge >= 0.3 is 0 Å². The first kappa shape index (κ1) is 29.2. The maximum Gasteiger partial charge on any atom is 0.266 e. The van der Waals surface area contributed by atoms with E-state index in [9.17, 15) is 23.2 Å². The Balaban J connectivity index is 0.00000432. The number of likely N-dealkylation sites (tertiary alicyclic amines) is 1. The highest BCUT2D eigenvalue weighted by Gasteiger charge is 2.55. The number of ether oxygens (including phenoxy) is 1. The Bertz CT molecular complexity index is 943. The SMILES string of the molecule is CCCCOc1ccc(N2CCN(S(=O)(=O)C3(C(=O)NO)CCN(C(=O)CC)CC3)CC2)cc1.Cl. The molecule has 1 aromatic rings. The topological polar surface area (TPSA) is 119 Å². The number of amides is 2. The van der Waals surface area contributed by atoms with E-state index in [1.54, 1.807) is 17.3 Å². The van der Waals surface area contributed by atoms with Crippen LogP contribution in [0.1, 0.15) is 46.0 Å². The van der Waals surface area contributed by atoms with E-state index in [4.69, 9.17) is 4.74 Å². The summed E-state index contributed by atoms with van der Waals surface area (Å²) in [5, 5.41) is 9.33. The zero-order valence-corrected chi connectivity index (χ0v) is 22.1. The molecule has 0 atom stereocenters. The minimum absolute atomic E-state index is 0. The van der Waals surface area contributed by atoms with Gasteiger partial charge in [0.1, 0.15) is 5.75 Å². The Kier molecular flexibility index (Phi) is 10.6. The van der Waals surface area contributed by atoms with E-state index < -0.39 is 20.7 Å². The third-order valence-corrected chi connectivity index (χ3v) is 9.41. The number of benzene rings is 1. The molecule has 2 aliphatic heterocycles. The number of sulfonamides is 1. The number of piperazine rings is 1. The van der Waals surface area contributed by atoms with E-state index in [1.807, 2.05) is 24.3 Å². The number of nitrogens with zero attached hydrogens (tertiary/aromatic N) is 3. The maximum atomic E-state index is 13.6. The molecule has 2 saturated heterocycles. The van der Waals surface area contributed by atoms with Crippen molar-refractivity contribution in [1.29, 1.82) is 0 Å². The number of piperidine rings is 1. The van der Waals surface area contributed by atoms with Crippen LogP contribution in [-0.2, 0) is 19.6 Å². The van der Waals surface area contributed by atoms with Crippen LogP contribution < -0.4 is 15.1 Å². The van der Waals surface area contributed by atoms with E-state index in [1.165, 1.54) is 4.31 Å². The lowest BCUT2D eigenvalue weighted by Gasteiger charge is -2.44. The number of hydroxylamine groups is 1. The van der Waals surface area contributed by atoms with Gasteiger partial charge in [0, 0.05) is 51.4 Å². The van der Waals surface area contributed by atoms with Crippen molar-refractivity contribution in [2.45, 2.75) is 50.7 Å². The molecule has 0 radical (unpaired) electrons. The molecule has 12 heteroatoms. The van der Waals surface area contributed by atoms with Gasteiger partial charge in [-0.15, -0.1) is 12.4 Å². The lowest BCUT2D eigenvalue weighted by Crippen LogP contribution is -2.64. The number of nitrogens with one attached hydrogen (secondary N) is 1. The molecule has 2 fully saturated rings. The Morgan fingerprint density at radius 3 is 2.14 bits per heavy atom. The summed E-state index contributed by atoms with van der Waals surface area (Å²) in [6, 6.07) is 7.76. The van der Waals surface area contributed by atoms with Crippen molar-refractivity contribution in [3.8, 4) is 5.75 Å². The molecule has 198 valence electrons. The van der Waals surface area contributed by atoms with Crippen LogP contribution in [0.3, 0.4) is 0 Å². The summed E-state index contributed by atoms with van der Waals surface area (Å²) in [7, 11) is -4.06. The summed E-state index contributed by atoms with van der Waals surface area (Å²) in [5.41, 5.74) is 2.55. The molecule has 0 bridgehead atoms. The second kappa shape index (κ2) is 12.8. The smallest absolute Gasteiger partial charge is 0.266 e. The fourth-order valence-corrected chi connectivity index (χ4v) is 6.68. The van der Waals surface area contributed by atoms with E-state index in [0.717, 1.165) is 24.3 Å². The van der Waals surface area contributed by atoms with Gasteiger partial charge in [-0.3, -0.25) is 14.8 Å². The average Bonchev–Trinajstić information content (AvgIpc) is 2.88. The van der Waals surface area contributed by atoms with Crippen LogP contribution in [-0.4, -0.2) is 85.3 Å². The molecule has 1 aromatic carbocycles. The highest BCUT2D eigenvalue weighted by atomic mass is 35.5. The highest BCUT2D eigenvalue weighted by Crippen LogP contribution is 2.35. The summed E-state index contributed by atoms with van der Waals surface area (Å²) in [6.45, 7) is 6.27. The third-order valence-electron chi connectivity index (χ3n) is 6.78. The standard InChI is InChI=1S/C23H36N4O6S.ClH/c1-3-5-18-33-20-8-6-19(7-9-20)25-14-16-27(17-15-25)34(31,32)23(22(29)24-30)10-12-26(13-11-23)21(28)4-2;/h6-9,30H,3-5,10-18H2,1-2H3,(H,24,29);1H. The van der Waals surface area contributed by atoms with E-state index >= 15 is 0 Å². The molecule has 0 saturated carbocycles. The number of halogens is 1. The lowest BCUT2D eigenvalue weighted by atomic mass is 9.94. The first-order valence-electron chi connectivity index (χ1n) is 12.0. The molecule has 2 heterocycles. The van der Waals surface area contributed by atoms with E-state index in [2.05, 4.69) is 11.8 Å². The summed E-state index contributed by atoms with van der Waals surface area (Å²) in [5.74, 6) is -0.203. The number of carbonyl (C=O) groups is 2. The van der Waals surface area contributed by atoms with Crippen molar-refractivity contribution in [2.24, 2.45) is 0 Å². The van der Waals surface area contributed by atoms with Gasteiger partial charge in [0.25, 0.3) is 5.91 Å². The van der Waals surface area contributed by atoms with Gasteiger partial charge < -0.3 is 14.5 Å². The van der Waals surface area contributed by atoms with Crippen LogP contribution in [0.15, 0.2) is 24.3 Å². The summed E-state index contributed by atoms with van der Waals surface area (Å²) >= 11 is 0. The van der Waals surface area contributed by atoms with Crippen LogP contribution in [0.2, 0.25) is 0 Å². The Labute approximate surface area is 214 Å². The minimum atomic E-state index is -4.06. The van der Waals surface area contributed by atoms with Crippen LogP contribution in [0.25, 0.3) is 0 Å². The zero-order chi connectivity index (χ0) is 24.8. The number of carbonyl (C=O) groups excluding carboxylic acids is 2. The molecule has 0 spiro atoms. The normalized spacial score (nSPS) is 18.5. The zero-order valence-electron chi connectivity index (χ0n) is 20.4. The van der Waals surface area contributed by atoms with Gasteiger partial charge in [-0.2, -0.15) is 4.31 Å². The highest BCUT2D eigenvalue weighted by molar-refractivity contribution is 7.91. The van der Waals surface area contributed by atoms with Crippen LogP contribution in [0.4, 0.5) is 5.69 Å². The molecular formula is C23H37ClN4O6S. The predicted molar refractivity (Wildman–Crippen MR) is 136 cm³/mol. The van der Waals surface area contributed by atoms with Gasteiger partial charge in [0.05, 0.1) is 6.61 Å². The van der Waals surface area contributed by atoms with E-state index in [-0.39, 0.29) is 57.3 Å². The van der Waals surface area contributed by atoms with Gasteiger partial charge in [0.15, 0.2) is 4.75 Å².